The van der Waals surface area contributed by atoms with Crippen LogP contribution in [0.1, 0.15) is 29.8 Å². The van der Waals surface area contributed by atoms with Crippen LogP contribution in [-0.4, -0.2) is 36.4 Å². The molecule has 0 aliphatic heterocycles. The summed E-state index contributed by atoms with van der Waals surface area (Å²) in [5, 5.41) is 5.04. The molecule has 3 rings (SSSR count). The lowest BCUT2D eigenvalue weighted by atomic mass is 10.1. The molecule has 1 N–H and O–H groups in total. The number of fused-ring (bicyclic) bond motifs is 1. The van der Waals surface area contributed by atoms with Gasteiger partial charge < -0.3 is 15.0 Å². The molecule has 3 aromatic rings. The molecule has 0 bridgehead atoms. The standard InChI is InChI=1S/C24H26N2O3/c1-17(2)26(3)24(28)20-10-8-18(9-11-20)15-25-23(27)16-29-22-13-12-19-6-4-5-7-21(19)14-22/h4-14,17H,15-16H2,1-3H3,(H,25,27). The lowest BCUT2D eigenvalue weighted by Crippen LogP contribution is -2.33. The minimum absolute atomic E-state index is 0.0145. The zero-order valence-corrected chi connectivity index (χ0v) is 17.0. The van der Waals surface area contributed by atoms with E-state index in [2.05, 4.69) is 5.32 Å². The number of hydrogen-bond donors (Lipinski definition) is 1. The molecule has 0 unspecified atom stereocenters. The minimum Gasteiger partial charge on any atom is -0.484 e. The van der Waals surface area contributed by atoms with Gasteiger partial charge in [0.05, 0.1) is 0 Å². The highest BCUT2D eigenvalue weighted by atomic mass is 16.5. The van der Waals surface area contributed by atoms with Crippen molar-refractivity contribution in [2.24, 2.45) is 0 Å². The first kappa shape index (κ1) is 20.4. The maximum absolute atomic E-state index is 12.3. The monoisotopic (exact) mass is 390 g/mol. The van der Waals surface area contributed by atoms with Crippen LogP contribution in [0.4, 0.5) is 0 Å². The summed E-state index contributed by atoms with van der Waals surface area (Å²) in [6.07, 6.45) is 0. The largest absolute Gasteiger partial charge is 0.484 e. The first-order valence-electron chi connectivity index (χ1n) is 9.68. The molecule has 5 nitrogen and oxygen atoms in total. The topological polar surface area (TPSA) is 58.6 Å². The first-order chi connectivity index (χ1) is 13.9. The summed E-state index contributed by atoms with van der Waals surface area (Å²) in [4.78, 5) is 26.1. The van der Waals surface area contributed by atoms with Crippen molar-refractivity contribution in [2.75, 3.05) is 13.7 Å². The molecule has 2 amide bonds. The van der Waals surface area contributed by atoms with E-state index < -0.39 is 0 Å². The first-order valence-corrected chi connectivity index (χ1v) is 9.68. The summed E-state index contributed by atoms with van der Waals surface area (Å²) in [7, 11) is 1.79. The Morgan fingerprint density at radius 3 is 2.34 bits per heavy atom. The third kappa shape index (κ3) is 5.35. The second-order valence-corrected chi connectivity index (χ2v) is 7.28. The van der Waals surface area contributed by atoms with Gasteiger partial charge in [0, 0.05) is 25.2 Å². The Morgan fingerprint density at radius 2 is 1.66 bits per heavy atom. The zero-order valence-electron chi connectivity index (χ0n) is 17.0. The van der Waals surface area contributed by atoms with Gasteiger partial charge in [-0.2, -0.15) is 0 Å². The highest BCUT2D eigenvalue weighted by Gasteiger charge is 2.14. The maximum atomic E-state index is 12.3. The van der Waals surface area contributed by atoms with Crippen molar-refractivity contribution in [3.05, 3.63) is 77.9 Å². The van der Waals surface area contributed by atoms with Crippen molar-refractivity contribution in [2.45, 2.75) is 26.4 Å². The third-order valence-corrected chi connectivity index (χ3v) is 4.88. The Labute approximate surface area is 171 Å². The molecule has 0 atom stereocenters. The smallest absolute Gasteiger partial charge is 0.258 e. The Kier molecular flexibility index (Phi) is 6.50. The van der Waals surface area contributed by atoms with Crippen LogP contribution >= 0.6 is 0 Å². The van der Waals surface area contributed by atoms with E-state index in [9.17, 15) is 9.59 Å². The highest BCUT2D eigenvalue weighted by Crippen LogP contribution is 2.20. The summed E-state index contributed by atoms with van der Waals surface area (Å²) >= 11 is 0. The molecule has 0 saturated carbocycles. The van der Waals surface area contributed by atoms with Crippen LogP contribution in [0.2, 0.25) is 0 Å². The van der Waals surface area contributed by atoms with Gasteiger partial charge in [-0.3, -0.25) is 9.59 Å². The van der Waals surface area contributed by atoms with E-state index >= 15 is 0 Å². The molecule has 0 saturated heterocycles. The van der Waals surface area contributed by atoms with E-state index in [0.29, 0.717) is 17.9 Å². The molecule has 0 spiro atoms. The molecule has 5 heteroatoms. The second kappa shape index (κ2) is 9.24. The fourth-order valence-electron chi connectivity index (χ4n) is 2.86. The normalized spacial score (nSPS) is 10.8. The van der Waals surface area contributed by atoms with Crippen molar-refractivity contribution in [1.29, 1.82) is 0 Å². The highest BCUT2D eigenvalue weighted by molar-refractivity contribution is 5.94. The fraction of sp³-hybridized carbons (Fsp3) is 0.250. The quantitative estimate of drug-likeness (QED) is 0.663. The molecule has 0 heterocycles. The number of carbonyl (C=O) groups excluding carboxylic acids is 2. The van der Waals surface area contributed by atoms with Gasteiger partial charge in [-0.05, 0) is 54.4 Å². The van der Waals surface area contributed by atoms with Crippen molar-refractivity contribution >= 4 is 22.6 Å². The predicted octanol–water partition coefficient (Wildman–Crippen LogP) is 4.02. The molecular weight excluding hydrogens is 364 g/mol. The molecule has 29 heavy (non-hydrogen) atoms. The summed E-state index contributed by atoms with van der Waals surface area (Å²) in [6.45, 7) is 4.28. The molecule has 0 aliphatic rings. The number of amides is 2. The maximum Gasteiger partial charge on any atom is 0.258 e. The predicted molar refractivity (Wildman–Crippen MR) is 115 cm³/mol. The lowest BCUT2D eigenvalue weighted by molar-refractivity contribution is -0.123. The fourth-order valence-corrected chi connectivity index (χ4v) is 2.86. The number of rotatable bonds is 7. The molecule has 0 aliphatic carbocycles. The van der Waals surface area contributed by atoms with Crippen molar-refractivity contribution in [3.63, 3.8) is 0 Å². The van der Waals surface area contributed by atoms with Crippen LogP contribution in [0, 0.1) is 0 Å². The third-order valence-electron chi connectivity index (χ3n) is 4.88. The van der Waals surface area contributed by atoms with Crippen molar-refractivity contribution in [1.82, 2.24) is 10.2 Å². The number of carbonyl (C=O) groups is 2. The van der Waals surface area contributed by atoms with Crippen LogP contribution in [0.5, 0.6) is 5.75 Å². The molecule has 0 aromatic heterocycles. The second-order valence-electron chi connectivity index (χ2n) is 7.28. The van der Waals surface area contributed by atoms with E-state index in [-0.39, 0.29) is 24.5 Å². The number of benzene rings is 3. The summed E-state index contributed by atoms with van der Waals surface area (Å²) in [5.74, 6) is 0.452. The van der Waals surface area contributed by atoms with Gasteiger partial charge in [0.1, 0.15) is 5.75 Å². The molecule has 150 valence electrons. The number of nitrogens with zero attached hydrogens (tertiary/aromatic N) is 1. The lowest BCUT2D eigenvalue weighted by Gasteiger charge is -2.21. The van der Waals surface area contributed by atoms with Crippen LogP contribution < -0.4 is 10.1 Å². The zero-order chi connectivity index (χ0) is 20.8. The number of hydrogen-bond acceptors (Lipinski definition) is 3. The van der Waals surface area contributed by atoms with Gasteiger partial charge >= 0.3 is 0 Å². The van der Waals surface area contributed by atoms with Gasteiger partial charge in [0.2, 0.25) is 0 Å². The minimum atomic E-state index is -0.196. The average molecular weight is 390 g/mol. The number of ether oxygens (including phenoxy) is 1. The van der Waals surface area contributed by atoms with Crippen LogP contribution in [-0.2, 0) is 11.3 Å². The van der Waals surface area contributed by atoms with Gasteiger partial charge in [0.15, 0.2) is 6.61 Å². The molecular formula is C24H26N2O3. The van der Waals surface area contributed by atoms with Crippen LogP contribution in [0.3, 0.4) is 0 Å². The molecule has 0 radical (unpaired) electrons. The summed E-state index contributed by atoms with van der Waals surface area (Å²) in [5.41, 5.74) is 1.56. The molecule has 0 fully saturated rings. The van der Waals surface area contributed by atoms with E-state index in [0.717, 1.165) is 16.3 Å². The van der Waals surface area contributed by atoms with E-state index in [1.54, 1.807) is 24.1 Å². The SMILES string of the molecule is CC(C)N(C)C(=O)c1ccc(CNC(=O)COc2ccc3ccccc3c2)cc1. The van der Waals surface area contributed by atoms with Gasteiger partial charge in [0.25, 0.3) is 11.8 Å². The Hall–Kier alpha value is -3.34. The van der Waals surface area contributed by atoms with E-state index in [1.165, 1.54) is 0 Å². The Bertz CT molecular complexity index is 996. The van der Waals surface area contributed by atoms with Crippen molar-refractivity contribution < 1.29 is 14.3 Å². The summed E-state index contributed by atoms with van der Waals surface area (Å²) < 4.78 is 5.60. The summed E-state index contributed by atoms with van der Waals surface area (Å²) in [6, 6.07) is 21.2. The van der Waals surface area contributed by atoms with Crippen LogP contribution in [0.25, 0.3) is 10.8 Å². The molecule has 3 aromatic carbocycles. The van der Waals surface area contributed by atoms with Gasteiger partial charge in [-0.25, -0.2) is 0 Å². The van der Waals surface area contributed by atoms with Gasteiger partial charge in [-0.15, -0.1) is 0 Å². The van der Waals surface area contributed by atoms with Gasteiger partial charge in [-0.1, -0.05) is 42.5 Å². The van der Waals surface area contributed by atoms with E-state index in [1.807, 2.05) is 68.4 Å². The van der Waals surface area contributed by atoms with Crippen LogP contribution in [0.15, 0.2) is 66.7 Å². The Morgan fingerprint density at radius 1 is 0.966 bits per heavy atom. The van der Waals surface area contributed by atoms with Crippen molar-refractivity contribution in [3.8, 4) is 5.75 Å². The van der Waals surface area contributed by atoms with E-state index in [4.69, 9.17) is 4.74 Å². The number of nitrogens with one attached hydrogen (secondary N) is 1. The Balaban J connectivity index is 1.49. The average Bonchev–Trinajstić information content (AvgIpc) is 2.75.